The molecule has 0 aliphatic heterocycles. The molecule has 3 heteroatoms. The number of rotatable bonds is 6. The van der Waals surface area contributed by atoms with Crippen LogP contribution >= 0.6 is 23.2 Å². The van der Waals surface area contributed by atoms with Crippen LogP contribution in [-0.4, -0.2) is 5.78 Å². The van der Waals surface area contributed by atoms with Crippen molar-refractivity contribution in [1.82, 2.24) is 0 Å². The van der Waals surface area contributed by atoms with E-state index in [-0.39, 0.29) is 5.78 Å². The third-order valence-corrected chi connectivity index (χ3v) is 4.77. The average molecular weight is 363 g/mol. The molecule has 2 aromatic rings. The van der Waals surface area contributed by atoms with Crippen LogP contribution in [0, 0.1) is 10.8 Å². The first-order chi connectivity index (χ1) is 11.1. The molecule has 0 fully saturated rings. The van der Waals surface area contributed by atoms with Gasteiger partial charge in [-0.2, -0.15) is 0 Å². The molecule has 0 amide bonds. The Morgan fingerprint density at radius 2 is 1.17 bits per heavy atom. The molecule has 1 nitrogen and oxygen atoms in total. The van der Waals surface area contributed by atoms with Gasteiger partial charge in [0.2, 0.25) is 0 Å². The minimum Gasteiger partial charge on any atom is -0.298 e. The van der Waals surface area contributed by atoms with Gasteiger partial charge in [0.15, 0.2) is 0 Å². The standard InChI is InChI=1S/C21H24Cl2O/c1-20(2,13-15-7-5-9-17(22)11-15)19(24)21(3,4)14-16-8-6-10-18(23)12-16/h5-12H,13-14H2,1-4H3. The highest BCUT2D eigenvalue weighted by Gasteiger charge is 2.39. The predicted molar refractivity (Wildman–Crippen MR) is 103 cm³/mol. The summed E-state index contributed by atoms with van der Waals surface area (Å²) in [6, 6.07) is 15.5. The zero-order valence-corrected chi connectivity index (χ0v) is 16.2. The van der Waals surface area contributed by atoms with Gasteiger partial charge in [0, 0.05) is 20.9 Å². The summed E-state index contributed by atoms with van der Waals surface area (Å²) in [5.74, 6) is 0.245. The summed E-state index contributed by atoms with van der Waals surface area (Å²) in [6.45, 7) is 8.04. The average Bonchev–Trinajstić information content (AvgIpc) is 2.45. The molecule has 128 valence electrons. The van der Waals surface area contributed by atoms with Crippen LogP contribution < -0.4 is 0 Å². The molecule has 0 radical (unpaired) electrons. The van der Waals surface area contributed by atoms with E-state index in [2.05, 4.69) is 0 Å². The van der Waals surface area contributed by atoms with Crippen molar-refractivity contribution in [2.45, 2.75) is 40.5 Å². The second-order valence-electron chi connectivity index (χ2n) is 7.71. The van der Waals surface area contributed by atoms with Crippen LogP contribution in [0.2, 0.25) is 10.0 Å². The number of halogens is 2. The van der Waals surface area contributed by atoms with Gasteiger partial charge in [0.05, 0.1) is 0 Å². The van der Waals surface area contributed by atoms with Crippen molar-refractivity contribution in [1.29, 1.82) is 0 Å². The first-order valence-electron chi connectivity index (χ1n) is 8.14. The number of ketones is 1. The van der Waals surface area contributed by atoms with Crippen molar-refractivity contribution < 1.29 is 4.79 Å². The molecular weight excluding hydrogens is 339 g/mol. The highest BCUT2D eigenvalue weighted by molar-refractivity contribution is 6.30. The smallest absolute Gasteiger partial charge is 0.144 e. The fraction of sp³-hybridized carbons (Fsp3) is 0.381. The fourth-order valence-corrected chi connectivity index (χ4v) is 3.82. The van der Waals surface area contributed by atoms with Gasteiger partial charge in [-0.15, -0.1) is 0 Å². The van der Waals surface area contributed by atoms with Crippen molar-refractivity contribution in [2.24, 2.45) is 10.8 Å². The Labute approximate surface area is 155 Å². The maximum absolute atomic E-state index is 13.2. The molecule has 0 saturated carbocycles. The number of Topliss-reactive ketones (excluding diaryl/α,β-unsaturated/α-hetero) is 1. The van der Waals surface area contributed by atoms with E-state index in [1.807, 2.05) is 76.2 Å². The zero-order chi connectivity index (χ0) is 18.0. The van der Waals surface area contributed by atoms with Crippen molar-refractivity contribution in [3.63, 3.8) is 0 Å². The van der Waals surface area contributed by atoms with Crippen LogP contribution in [0.5, 0.6) is 0 Å². The minimum absolute atomic E-state index is 0.245. The third kappa shape index (κ3) is 4.84. The van der Waals surface area contributed by atoms with Gasteiger partial charge in [-0.05, 0) is 48.2 Å². The van der Waals surface area contributed by atoms with Crippen LogP contribution in [0.3, 0.4) is 0 Å². The van der Waals surface area contributed by atoms with Gasteiger partial charge < -0.3 is 0 Å². The normalized spacial score (nSPS) is 12.2. The number of carbonyl (C=O) groups excluding carboxylic acids is 1. The second kappa shape index (κ2) is 7.29. The molecule has 0 aliphatic carbocycles. The van der Waals surface area contributed by atoms with E-state index in [1.165, 1.54) is 0 Å². The van der Waals surface area contributed by atoms with Crippen LogP contribution in [-0.2, 0) is 17.6 Å². The topological polar surface area (TPSA) is 17.1 Å². The lowest BCUT2D eigenvalue weighted by Gasteiger charge is -2.33. The highest BCUT2D eigenvalue weighted by Crippen LogP contribution is 2.35. The first-order valence-corrected chi connectivity index (χ1v) is 8.89. The molecular formula is C21H24Cl2O. The Bertz CT molecular complexity index is 671. The van der Waals surface area contributed by atoms with Crippen molar-refractivity contribution in [3.05, 3.63) is 69.7 Å². The molecule has 0 aliphatic rings. The lowest BCUT2D eigenvalue weighted by atomic mass is 9.68. The Balaban J connectivity index is 2.17. The van der Waals surface area contributed by atoms with Crippen LogP contribution in [0.4, 0.5) is 0 Å². The van der Waals surface area contributed by atoms with Gasteiger partial charge in [0.1, 0.15) is 5.78 Å². The molecule has 0 saturated heterocycles. The van der Waals surface area contributed by atoms with Crippen LogP contribution in [0.1, 0.15) is 38.8 Å². The zero-order valence-electron chi connectivity index (χ0n) is 14.7. The maximum atomic E-state index is 13.2. The summed E-state index contributed by atoms with van der Waals surface area (Å²) in [5.41, 5.74) is 1.23. The summed E-state index contributed by atoms with van der Waals surface area (Å²) < 4.78 is 0. The van der Waals surface area contributed by atoms with Crippen LogP contribution in [0.15, 0.2) is 48.5 Å². The van der Waals surface area contributed by atoms with Crippen molar-refractivity contribution in [3.8, 4) is 0 Å². The predicted octanol–water partition coefficient (Wildman–Crippen LogP) is 6.40. The molecule has 0 bridgehead atoms. The summed E-state index contributed by atoms with van der Waals surface area (Å²) in [4.78, 5) is 13.2. The van der Waals surface area contributed by atoms with E-state index >= 15 is 0 Å². The molecule has 0 heterocycles. The molecule has 0 unspecified atom stereocenters. The summed E-state index contributed by atoms with van der Waals surface area (Å²) >= 11 is 12.1. The van der Waals surface area contributed by atoms with Gasteiger partial charge >= 0.3 is 0 Å². The summed E-state index contributed by atoms with van der Waals surface area (Å²) in [5, 5.41) is 1.41. The summed E-state index contributed by atoms with van der Waals surface area (Å²) in [6.07, 6.45) is 1.34. The number of hydrogen-bond donors (Lipinski definition) is 0. The Morgan fingerprint density at radius 1 is 0.792 bits per heavy atom. The van der Waals surface area contributed by atoms with Gasteiger partial charge in [-0.1, -0.05) is 75.2 Å². The molecule has 0 atom stereocenters. The van der Waals surface area contributed by atoms with Crippen molar-refractivity contribution in [2.75, 3.05) is 0 Å². The van der Waals surface area contributed by atoms with Gasteiger partial charge in [-0.3, -0.25) is 4.79 Å². The molecule has 2 rings (SSSR count). The minimum atomic E-state index is -0.466. The monoisotopic (exact) mass is 362 g/mol. The van der Waals surface area contributed by atoms with Crippen LogP contribution in [0.25, 0.3) is 0 Å². The first kappa shape index (κ1) is 19.0. The fourth-order valence-electron chi connectivity index (χ4n) is 3.39. The quantitative estimate of drug-likeness (QED) is 0.580. The van der Waals surface area contributed by atoms with E-state index in [9.17, 15) is 4.79 Å². The lowest BCUT2D eigenvalue weighted by Crippen LogP contribution is -2.39. The maximum Gasteiger partial charge on any atom is 0.144 e. The summed E-state index contributed by atoms with van der Waals surface area (Å²) in [7, 11) is 0. The van der Waals surface area contributed by atoms with E-state index in [4.69, 9.17) is 23.2 Å². The molecule has 0 spiro atoms. The number of hydrogen-bond acceptors (Lipinski definition) is 1. The molecule has 24 heavy (non-hydrogen) atoms. The molecule has 0 aromatic heterocycles. The highest BCUT2D eigenvalue weighted by atomic mass is 35.5. The lowest BCUT2D eigenvalue weighted by molar-refractivity contribution is -0.135. The Hall–Kier alpha value is -1.31. The Morgan fingerprint density at radius 3 is 1.50 bits per heavy atom. The second-order valence-corrected chi connectivity index (χ2v) is 8.58. The largest absolute Gasteiger partial charge is 0.298 e. The van der Waals surface area contributed by atoms with E-state index in [1.54, 1.807) is 0 Å². The molecule has 0 N–H and O–H groups in total. The van der Waals surface area contributed by atoms with Gasteiger partial charge in [0.25, 0.3) is 0 Å². The van der Waals surface area contributed by atoms with E-state index in [0.717, 1.165) is 11.1 Å². The SMILES string of the molecule is CC(C)(Cc1cccc(Cl)c1)C(=O)C(C)(C)Cc1cccc(Cl)c1. The number of benzene rings is 2. The van der Waals surface area contributed by atoms with E-state index < -0.39 is 10.8 Å². The Kier molecular flexibility index (Phi) is 5.78. The van der Waals surface area contributed by atoms with Gasteiger partial charge in [-0.25, -0.2) is 0 Å². The number of carbonyl (C=O) groups is 1. The van der Waals surface area contributed by atoms with Crippen molar-refractivity contribution >= 4 is 29.0 Å². The third-order valence-electron chi connectivity index (χ3n) is 4.30. The molecule has 2 aromatic carbocycles. The van der Waals surface area contributed by atoms with E-state index in [0.29, 0.717) is 22.9 Å².